The second kappa shape index (κ2) is 6.83. The number of aromatic amines is 1. The number of nitrogens with zero attached hydrogens (tertiary/aromatic N) is 2. The molecule has 2 aromatic heterocycles. The third-order valence-corrected chi connectivity index (χ3v) is 4.72. The predicted molar refractivity (Wildman–Crippen MR) is 93.6 cm³/mol. The van der Waals surface area contributed by atoms with E-state index >= 15 is 0 Å². The summed E-state index contributed by atoms with van der Waals surface area (Å²) in [5.41, 5.74) is 3.53. The van der Waals surface area contributed by atoms with Crippen LogP contribution in [0.4, 0.5) is 5.69 Å². The van der Waals surface area contributed by atoms with Gasteiger partial charge in [0.1, 0.15) is 0 Å². The van der Waals surface area contributed by atoms with Crippen molar-refractivity contribution in [2.75, 3.05) is 5.32 Å². The summed E-state index contributed by atoms with van der Waals surface area (Å²) < 4.78 is 0. The Morgan fingerprint density at radius 3 is 2.78 bits per heavy atom. The Bertz CT molecular complexity index is 780. The molecule has 23 heavy (non-hydrogen) atoms. The lowest BCUT2D eigenvalue weighted by molar-refractivity contribution is -0.115. The molecule has 1 atom stereocenters. The van der Waals surface area contributed by atoms with E-state index in [0.29, 0.717) is 17.2 Å². The van der Waals surface area contributed by atoms with E-state index in [1.165, 1.54) is 17.3 Å². The molecular formula is C17H18N4OS. The minimum absolute atomic E-state index is 0.0187. The van der Waals surface area contributed by atoms with Gasteiger partial charge in [0.25, 0.3) is 0 Å². The number of hydrogen-bond acceptors (Lipinski definition) is 4. The quantitative estimate of drug-likeness (QED) is 0.700. The van der Waals surface area contributed by atoms with Gasteiger partial charge in [0.05, 0.1) is 10.8 Å². The van der Waals surface area contributed by atoms with Gasteiger partial charge in [-0.1, -0.05) is 36.4 Å². The van der Waals surface area contributed by atoms with Crippen LogP contribution in [0.1, 0.15) is 18.9 Å². The van der Waals surface area contributed by atoms with E-state index in [9.17, 15) is 4.79 Å². The van der Waals surface area contributed by atoms with Crippen LogP contribution >= 0.6 is 11.8 Å². The van der Waals surface area contributed by atoms with Crippen molar-refractivity contribution in [3.05, 3.63) is 48.2 Å². The molecule has 2 N–H and O–H groups in total. The normalized spacial score (nSPS) is 12.3. The highest BCUT2D eigenvalue weighted by atomic mass is 32.2. The van der Waals surface area contributed by atoms with Crippen LogP contribution in [0.3, 0.4) is 0 Å². The van der Waals surface area contributed by atoms with Crippen LogP contribution in [-0.4, -0.2) is 26.1 Å². The molecule has 0 saturated heterocycles. The molecule has 0 aliphatic heterocycles. The molecule has 1 amide bonds. The first-order valence-corrected chi connectivity index (χ1v) is 8.38. The van der Waals surface area contributed by atoms with E-state index in [1.807, 2.05) is 50.2 Å². The van der Waals surface area contributed by atoms with E-state index in [4.69, 9.17) is 0 Å². The number of carbonyl (C=O) groups is 1. The smallest absolute Gasteiger partial charge is 0.237 e. The minimum Gasteiger partial charge on any atom is -0.332 e. The number of fused-ring (bicyclic) bond motifs is 1. The zero-order valence-corrected chi connectivity index (χ0v) is 13.9. The van der Waals surface area contributed by atoms with Crippen LogP contribution in [-0.2, 0) is 4.79 Å². The molecule has 0 fully saturated rings. The van der Waals surface area contributed by atoms with Crippen molar-refractivity contribution in [3.8, 4) is 0 Å². The molecule has 3 aromatic rings. The number of benzene rings is 1. The maximum atomic E-state index is 12.5. The van der Waals surface area contributed by atoms with Gasteiger partial charge in [-0.25, -0.2) is 9.97 Å². The fraction of sp³-hybridized carbons (Fsp3) is 0.235. The molecule has 6 heteroatoms. The summed E-state index contributed by atoms with van der Waals surface area (Å²) in [6.45, 7) is 4.01. The van der Waals surface area contributed by atoms with E-state index in [0.717, 1.165) is 11.2 Å². The van der Waals surface area contributed by atoms with E-state index in [2.05, 4.69) is 20.3 Å². The zero-order valence-electron chi connectivity index (χ0n) is 13.0. The number of thioether (sulfide) groups is 1. The summed E-state index contributed by atoms with van der Waals surface area (Å²) in [5, 5.41) is 3.46. The third-order valence-electron chi connectivity index (χ3n) is 3.47. The molecule has 0 bridgehead atoms. The Balaban J connectivity index is 1.71. The molecule has 0 aliphatic carbocycles. The van der Waals surface area contributed by atoms with Gasteiger partial charge in [0.15, 0.2) is 10.8 Å². The number of nitrogens with one attached hydrogen (secondary N) is 2. The highest BCUT2D eigenvalue weighted by molar-refractivity contribution is 8.00. The number of hydrogen-bond donors (Lipinski definition) is 2. The topological polar surface area (TPSA) is 70.7 Å². The molecule has 0 unspecified atom stereocenters. The summed E-state index contributed by atoms with van der Waals surface area (Å²) in [4.78, 5) is 24.3. The second-order valence-electron chi connectivity index (χ2n) is 5.29. The highest BCUT2D eigenvalue weighted by Crippen LogP contribution is 2.25. The van der Waals surface area contributed by atoms with Crippen molar-refractivity contribution < 1.29 is 4.79 Å². The van der Waals surface area contributed by atoms with Crippen molar-refractivity contribution in [1.29, 1.82) is 0 Å². The largest absolute Gasteiger partial charge is 0.332 e. The summed E-state index contributed by atoms with van der Waals surface area (Å²) in [5.74, 6) is -0.0187. The number of aryl methyl sites for hydroxylation is 1. The Morgan fingerprint density at radius 2 is 2.09 bits per heavy atom. The fourth-order valence-electron chi connectivity index (χ4n) is 2.20. The van der Waals surface area contributed by atoms with Gasteiger partial charge in [-0.15, -0.1) is 0 Å². The first-order chi connectivity index (χ1) is 11.2. The number of amides is 1. The number of imidazole rings is 1. The van der Waals surface area contributed by atoms with E-state index in [1.54, 1.807) is 6.20 Å². The fourth-order valence-corrected chi connectivity index (χ4v) is 3.11. The lowest BCUT2D eigenvalue weighted by Gasteiger charge is -2.13. The number of pyridine rings is 1. The van der Waals surface area contributed by atoms with E-state index in [-0.39, 0.29) is 11.2 Å². The lowest BCUT2D eigenvalue weighted by atomic mass is 10.2. The van der Waals surface area contributed by atoms with Crippen LogP contribution in [0.5, 0.6) is 0 Å². The van der Waals surface area contributed by atoms with Gasteiger partial charge < -0.3 is 10.3 Å². The molecule has 118 valence electrons. The average molecular weight is 326 g/mol. The zero-order chi connectivity index (χ0) is 16.2. The predicted octanol–water partition coefficient (Wildman–Crippen LogP) is 3.78. The minimum atomic E-state index is -0.211. The van der Waals surface area contributed by atoms with Crippen LogP contribution in [0.15, 0.2) is 47.8 Å². The van der Waals surface area contributed by atoms with Crippen LogP contribution in [0.2, 0.25) is 0 Å². The van der Waals surface area contributed by atoms with Gasteiger partial charge in [0.2, 0.25) is 5.91 Å². The van der Waals surface area contributed by atoms with Crippen LogP contribution < -0.4 is 5.32 Å². The molecule has 2 heterocycles. The first kappa shape index (κ1) is 15.6. The molecule has 5 nitrogen and oxygen atoms in total. The molecule has 0 radical (unpaired) electrons. The van der Waals surface area contributed by atoms with Crippen molar-refractivity contribution >= 4 is 34.5 Å². The standard InChI is InChI=1S/C17H18N4OS/c1-3-14(16(22)19-12-8-6-11(2)7-9-12)23-17-20-13-5-4-10-18-15(13)21-17/h4-10,14H,3H2,1-2H3,(H,19,22)(H,18,20,21)/t14-/m1/s1. The Kier molecular flexibility index (Phi) is 4.62. The van der Waals surface area contributed by atoms with Crippen molar-refractivity contribution in [1.82, 2.24) is 15.0 Å². The summed E-state index contributed by atoms with van der Waals surface area (Å²) in [6.07, 6.45) is 2.42. The van der Waals surface area contributed by atoms with Gasteiger partial charge in [-0.05, 0) is 37.6 Å². The van der Waals surface area contributed by atoms with Gasteiger partial charge in [-0.3, -0.25) is 4.79 Å². The second-order valence-corrected chi connectivity index (χ2v) is 6.48. The number of anilines is 1. The SMILES string of the molecule is CC[C@@H](Sc1nc2ncccc2[nH]1)C(=O)Nc1ccc(C)cc1. The molecule has 3 rings (SSSR count). The van der Waals surface area contributed by atoms with Gasteiger partial charge >= 0.3 is 0 Å². The van der Waals surface area contributed by atoms with Crippen LogP contribution in [0, 0.1) is 6.92 Å². The number of carbonyl (C=O) groups excluding carboxylic acids is 1. The molecule has 1 aromatic carbocycles. The molecule has 0 aliphatic rings. The number of H-pyrrole nitrogens is 1. The number of aromatic nitrogens is 3. The van der Waals surface area contributed by atoms with Gasteiger partial charge in [-0.2, -0.15) is 0 Å². The first-order valence-electron chi connectivity index (χ1n) is 7.50. The van der Waals surface area contributed by atoms with Crippen molar-refractivity contribution in [2.24, 2.45) is 0 Å². The molecular weight excluding hydrogens is 308 g/mol. The highest BCUT2D eigenvalue weighted by Gasteiger charge is 2.20. The lowest BCUT2D eigenvalue weighted by Crippen LogP contribution is -2.24. The summed E-state index contributed by atoms with van der Waals surface area (Å²) in [6, 6.07) is 11.6. The van der Waals surface area contributed by atoms with Crippen molar-refractivity contribution in [3.63, 3.8) is 0 Å². The van der Waals surface area contributed by atoms with Crippen LogP contribution in [0.25, 0.3) is 11.2 Å². The third kappa shape index (κ3) is 3.71. The molecule has 0 saturated carbocycles. The summed E-state index contributed by atoms with van der Waals surface area (Å²) >= 11 is 1.43. The maximum Gasteiger partial charge on any atom is 0.237 e. The monoisotopic (exact) mass is 326 g/mol. The Hall–Kier alpha value is -2.34. The van der Waals surface area contributed by atoms with Gasteiger partial charge in [0, 0.05) is 11.9 Å². The average Bonchev–Trinajstić information content (AvgIpc) is 2.97. The van der Waals surface area contributed by atoms with E-state index < -0.39 is 0 Å². The Labute approximate surface area is 138 Å². The van der Waals surface area contributed by atoms with Crippen molar-refractivity contribution in [2.45, 2.75) is 30.7 Å². The summed E-state index contributed by atoms with van der Waals surface area (Å²) in [7, 11) is 0. The maximum absolute atomic E-state index is 12.5. The Morgan fingerprint density at radius 1 is 1.30 bits per heavy atom. The molecule has 0 spiro atoms. The number of rotatable bonds is 5.